The van der Waals surface area contributed by atoms with Gasteiger partial charge in [-0.3, -0.25) is 14.5 Å². The molecule has 45 heavy (non-hydrogen) atoms. The molecule has 9 heteroatoms. The Kier molecular flexibility index (Phi) is 9.88. The number of carbonyl (C=O) groups excluding carboxylic acids is 2. The molecule has 0 bridgehead atoms. The molecule has 1 saturated heterocycles. The molecule has 1 aliphatic rings. The Bertz CT molecular complexity index is 1580. The number of rotatable bonds is 9. The quantitative estimate of drug-likeness (QED) is 0.206. The van der Waals surface area contributed by atoms with E-state index in [1.165, 1.54) is 12.1 Å². The Morgan fingerprint density at radius 2 is 1.49 bits per heavy atom. The number of hydrogen-bond donors (Lipinski definition) is 2. The Morgan fingerprint density at radius 3 is 2.11 bits per heavy atom. The van der Waals surface area contributed by atoms with Crippen molar-refractivity contribution in [1.29, 1.82) is 0 Å². The molecule has 2 N–H and O–H groups in total. The fourth-order valence-corrected chi connectivity index (χ4v) is 5.95. The van der Waals surface area contributed by atoms with Gasteiger partial charge in [0.2, 0.25) is 5.91 Å². The van der Waals surface area contributed by atoms with Gasteiger partial charge in [0.25, 0.3) is 5.91 Å². The lowest BCUT2D eigenvalue weighted by Crippen LogP contribution is -2.48. The Morgan fingerprint density at radius 1 is 0.867 bits per heavy atom. The molecule has 1 fully saturated rings. The second-order valence-electron chi connectivity index (χ2n) is 11.2. The normalized spacial score (nSPS) is 14.7. The van der Waals surface area contributed by atoms with Crippen LogP contribution in [0.15, 0.2) is 103 Å². The first-order chi connectivity index (χ1) is 21.7. The fraction of sp³-hybridized carbons (Fsp3) is 0.278. The highest BCUT2D eigenvalue weighted by Gasteiger charge is 2.32. The van der Waals surface area contributed by atoms with Gasteiger partial charge in [0, 0.05) is 42.6 Å². The Hall–Kier alpha value is -4.63. The van der Waals surface area contributed by atoms with E-state index in [9.17, 15) is 22.8 Å². The van der Waals surface area contributed by atoms with Crippen molar-refractivity contribution >= 4 is 23.2 Å². The van der Waals surface area contributed by atoms with Gasteiger partial charge in [0.1, 0.15) is 6.04 Å². The van der Waals surface area contributed by atoms with Crippen LogP contribution in [0.5, 0.6) is 0 Å². The van der Waals surface area contributed by atoms with Crippen molar-refractivity contribution in [2.24, 2.45) is 0 Å². The molecule has 0 aliphatic carbocycles. The van der Waals surface area contributed by atoms with Crippen LogP contribution in [-0.2, 0) is 11.0 Å². The van der Waals surface area contributed by atoms with Crippen LogP contribution in [0.4, 0.5) is 24.5 Å². The second-order valence-corrected chi connectivity index (χ2v) is 11.2. The molecule has 0 radical (unpaired) electrons. The van der Waals surface area contributed by atoms with Gasteiger partial charge < -0.3 is 15.5 Å². The molecule has 1 atom stereocenters. The van der Waals surface area contributed by atoms with Gasteiger partial charge in [0.15, 0.2) is 0 Å². The maximum atomic E-state index is 13.2. The number of anilines is 2. The molecule has 4 aromatic carbocycles. The van der Waals surface area contributed by atoms with E-state index in [4.69, 9.17) is 0 Å². The summed E-state index contributed by atoms with van der Waals surface area (Å²) in [5.74, 6) is -0.338. The van der Waals surface area contributed by atoms with Crippen LogP contribution in [0.3, 0.4) is 0 Å². The molecule has 6 nitrogen and oxygen atoms in total. The zero-order valence-corrected chi connectivity index (χ0v) is 25.4. The average Bonchev–Trinajstić information content (AvgIpc) is 3.05. The SMILES string of the molecule is CCNC(=O)C(c1ccccc1)N(C)C1CCN(c2ccc(NC(=O)c3ccccc3-c3ccc(C(F)(F)F)cc3)cc2)CC1. The van der Waals surface area contributed by atoms with Gasteiger partial charge >= 0.3 is 6.18 Å². The Labute approximate surface area is 261 Å². The molecule has 1 unspecified atom stereocenters. The summed E-state index contributed by atoms with van der Waals surface area (Å²) in [6.45, 7) is 4.17. The van der Waals surface area contributed by atoms with E-state index < -0.39 is 11.7 Å². The summed E-state index contributed by atoms with van der Waals surface area (Å²) < 4.78 is 39.1. The van der Waals surface area contributed by atoms with Gasteiger partial charge in [-0.1, -0.05) is 60.7 Å². The standard InChI is InChI=1S/C36H37F3N4O2/c1-3-40-35(45)33(26-9-5-4-6-10-26)42(2)29-21-23-43(24-22-29)30-19-17-28(18-20-30)41-34(44)32-12-8-7-11-31(32)25-13-15-27(16-14-25)36(37,38)39/h4-20,29,33H,3,21-24H2,1-2H3,(H,40,45)(H,41,44). The minimum atomic E-state index is -4.42. The monoisotopic (exact) mass is 614 g/mol. The van der Waals surface area contributed by atoms with Crippen LogP contribution in [0.2, 0.25) is 0 Å². The summed E-state index contributed by atoms with van der Waals surface area (Å²) in [5, 5.41) is 5.91. The average molecular weight is 615 g/mol. The summed E-state index contributed by atoms with van der Waals surface area (Å²) in [6.07, 6.45) is -2.62. The molecule has 1 aliphatic heterocycles. The molecule has 4 aromatic rings. The lowest BCUT2D eigenvalue weighted by atomic mass is 9.97. The van der Waals surface area contributed by atoms with E-state index in [-0.39, 0.29) is 23.9 Å². The largest absolute Gasteiger partial charge is 0.416 e. The first kappa shape index (κ1) is 31.8. The van der Waals surface area contributed by atoms with Gasteiger partial charge in [-0.15, -0.1) is 0 Å². The van der Waals surface area contributed by atoms with Crippen molar-refractivity contribution in [2.75, 3.05) is 36.9 Å². The minimum Gasteiger partial charge on any atom is -0.371 e. The summed E-state index contributed by atoms with van der Waals surface area (Å²) in [7, 11) is 2.03. The molecule has 5 rings (SSSR count). The van der Waals surface area contributed by atoms with E-state index in [2.05, 4.69) is 20.4 Å². The summed E-state index contributed by atoms with van der Waals surface area (Å²) in [4.78, 5) is 30.7. The number of halogens is 3. The summed E-state index contributed by atoms with van der Waals surface area (Å²) in [6, 6.07) is 29.1. The van der Waals surface area contributed by atoms with Crippen LogP contribution in [0.1, 0.15) is 47.3 Å². The third kappa shape index (κ3) is 7.54. The topological polar surface area (TPSA) is 64.7 Å². The predicted octanol–water partition coefficient (Wildman–Crippen LogP) is 7.40. The molecule has 0 spiro atoms. The van der Waals surface area contributed by atoms with Crippen LogP contribution in [-0.4, -0.2) is 49.4 Å². The van der Waals surface area contributed by atoms with E-state index in [0.29, 0.717) is 28.9 Å². The van der Waals surface area contributed by atoms with Gasteiger partial charge in [-0.05, 0) is 86.0 Å². The highest BCUT2D eigenvalue weighted by molar-refractivity contribution is 6.08. The van der Waals surface area contributed by atoms with E-state index >= 15 is 0 Å². The number of alkyl halides is 3. The molecular weight excluding hydrogens is 577 g/mol. The van der Waals surface area contributed by atoms with Crippen molar-refractivity contribution in [2.45, 2.75) is 38.0 Å². The molecule has 2 amide bonds. The first-order valence-corrected chi connectivity index (χ1v) is 15.1. The van der Waals surface area contributed by atoms with Crippen molar-refractivity contribution in [3.63, 3.8) is 0 Å². The fourth-order valence-electron chi connectivity index (χ4n) is 5.95. The molecule has 0 saturated carbocycles. The zero-order valence-electron chi connectivity index (χ0n) is 25.4. The molecule has 1 heterocycles. The first-order valence-electron chi connectivity index (χ1n) is 15.1. The highest BCUT2D eigenvalue weighted by atomic mass is 19.4. The second kappa shape index (κ2) is 14.0. The number of carbonyl (C=O) groups is 2. The number of nitrogens with zero attached hydrogens (tertiary/aromatic N) is 2. The van der Waals surface area contributed by atoms with Gasteiger partial charge in [-0.2, -0.15) is 13.2 Å². The van der Waals surface area contributed by atoms with Crippen LogP contribution >= 0.6 is 0 Å². The lowest BCUT2D eigenvalue weighted by Gasteiger charge is -2.40. The Balaban J connectivity index is 1.21. The lowest BCUT2D eigenvalue weighted by molar-refractivity contribution is -0.137. The van der Waals surface area contributed by atoms with Crippen molar-refractivity contribution in [3.8, 4) is 11.1 Å². The number of benzene rings is 4. The van der Waals surface area contributed by atoms with Gasteiger partial charge in [0.05, 0.1) is 5.56 Å². The highest BCUT2D eigenvalue weighted by Crippen LogP contribution is 2.33. The smallest absolute Gasteiger partial charge is 0.371 e. The number of likely N-dealkylation sites (N-methyl/N-ethyl adjacent to an activating group) is 2. The number of nitrogens with one attached hydrogen (secondary N) is 2. The minimum absolute atomic E-state index is 0.00764. The van der Waals surface area contributed by atoms with Crippen LogP contribution in [0, 0.1) is 0 Å². The number of amides is 2. The van der Waals surface area contributed by atoms with E-state index in [0.717, 1.165) is 49.3 Å². The van der Waals surface area contributed by atoms with E-state index in [1.807, 2.05) is 68.6 Å². The number of hydrogen-bond acceptors (Lipinski definition) is 4. The summed E-state index contributed by atoms with van der Waals surface area (Å²) in [5.41, 5.74) is 3.35. The molecule has 234 valence electrons. The molecular formula is C36H37F3N4O2. The maximum absolute atomic E-state index is 13.2. The van der Waals surface area contributed by atoms with Crippen molar-refractivity contribution in [1.82, 2.24) is 10.2 Å². The van der Waals surface area contributed by atoms with Crippen molar-refractivity contribution < 1.29 is 22.8 Å². The summed E-state index contributed by atoms with van der Waals surface area (Å²) >= 11 is 0. The predicted molar refractivity (Wildman–Crippen MR) is 172 cm³/mol. The number of piperidine rings is 1. The third-order valence-electron chi connectivity index (χ3n) is 8.35. The van der Waals surface area contributed by atoms with E-state index in [1.54, 1.807) is 24.3 Å². The molecule has 0 aromatic heterocycles. The van der Waals surface area contributed by atoms with Crippen LogP contribution in [0.25, 0.3) is 11.1 Å². The third-order valence-corrected chi connectivity index (χ3v) is 8.35. The van der Waals surface area contributed by atoms with Crippen LogP contribution < -0.4 is 15.5 Å². The van der Waals surface area contributed by atoms with Crippen molar-refractivity contribution in [3.05, 3.63) is 120 Å². The zero-order chi connectivity index (χ0) is 32.0. The maximum Gasteiger partial charge on any atom is 0.416 e. The van der Waals surface area contributed by atoms with Gasteiger partial charge in [-0.25, -0.2) is 0 Å².